The minimum atomic E-state index is 0.952. The van der Waals surface area contributed by atoms with Gasteiger partial charge in [0.25, 0.3) is 0 Å². The fourth-order valence-corrected chi connectivity index (χ4v) is 1.95. The highest BCUT2D eigenvalue weighted by molar-refractivity contribution is 5.47. The number of hydrogen-bond acceptors (Lipinski definition) is 3. The molecule has 0 fully saturated rings. The Labute approximate surface area is 90.6 Å². The molecule has 0 saturated heterocycles. The number of fused-ring (bicyclic) bond motifs is 1. The normalized spacial score (nSPS) is 14.5. The molecule has 0 saturated carbocycles. The zero-order valence-corrected chi connectivity index (χ0v) is 9.16. The molecular formula is C12H17N3. The van der Waals surface area contributed by atoms with Gasteiger partial charge in [-0.3, -0.25) is 0 Å². The van der Waals surface area contributed by atoms with E-state index in [0.29, 0.717) is 0 Å². The Balaban J connectivity index is 1.99. The van der Waals surface area contributed by atoms with Crippen molar-refractivity contribution in [3.63, 3.8) is 0 Å². The van der Waals surface area contributed by atoms with Crippen LogP contribution in [0.5, 0.6) is 0 Å². The SMILES string of the molecule is C/C=C/CCNc1ncnc2c1CCC2. The first-order valence-electron chi connectivity index (χ1n) is 5.59. The van der Waals surface area contributed by atoms with Crippen molar-refractivity contribution >= 4 is 5.82 Å². The highest BCUT2D eigenvalue weighted by Crippen LogP contribution is 2.24. The maximum absolute atomic E-state index is 4.30. The van der Waals surface area contributed by atoms with Crippen LogP contribution in [0.3, 0.4) is 0 Å². The van der Waals surface area contributed by atoms with Gasteiger partial charge in [-0.2, -0.15) is 0 Å². The van der Waals surface area contributed by atoms with E-state index in [-0.39, 0.29) is 0 Å². The fraction of sp³-hybridized carbons (Fsp3) is 0.500. The standard InChI is InChI=1S/C12H17N3/c1-2-3-4-8-13-12-10-6-5-7-11(10)14-9-15-12/h2-3,9H,4-8H2,1H3,(H,13,14,15)/b3-2+. The summed E-state index contributed by atoms with van der Waals surface area (Å²) in [5.74, 6) is 1.04. The van der Waals surface area contributed by atoms with Gasteiger partial charge in [-0.15, -0.1) is 0 Å². The maximum atomic E-state index is 4.30. The number of allylic oxidation sites excluding steroid dienone is 1. The fourth-order valence-electron chi connectivity index (χ4n) is 1.95. The summed E-state index contributed by atoms with van der Waals surface area (Å²) in [4.78, 5) is 8.60. The third-order valence-corrected chi connectivity index (χ3v) is 2.71. The number of rotatable bonds is 4. The molecule has 80 valence electrons. The molecule has 1 aromatic rings. The van der Waals surface area contributed by atoms with Crippen molar-refractivity contribution in [3.05, 3.63) is 29.7 Å². The third-order valence-electron chi connectivity index (χ3n) is 2.71. The molecule has 1 heterocycles. The Bertz CT molecular complexity index is 358. The summed E-state index contributed by atoms with van der Waals surface area (Å²) < 4.78 is 0. The first-order valence-corrected chi connectivity index (χ1v) is 5.59. The number of aryl methyl sites for hydroxylation is 1. The van der Waals surface area contributed by atoms with E-state index in [1.165, 1.54) is 17.7 Å². The van der Waals surface area contributed by atoms with E-state index >= 15 is 0 Å². The molecule has 0 radical (unpaired) electrons. The minimum Gasteiger partial charge on any atom is -0.369 e. The molecule has 0 unspecified atom stereocenters. The number of aromatic nitrogens is 2. The molecule has 2 rings (SSSR count). The minimum absolute atomic E-state index is 0.952. The quantitative estimate of drug-likeness (QED) is 0.603. The lowest BCUT2D eigenvalue weighted by atomic mass is 10.2. The van der Waals surface area contributed by atoms with E-state index in [1.54, 1.807) is 6.33 Å². The van der Waals surface area contributed by atoms with Gasteiger partial charge in [0.05, 0.1) is 0 Å². The Morgan fingerprint density at radius 2 is 2.33 bits per heavy atom. The molecule has 3 heteroatoms. The van der Waals surface area contributed by atoms with Crippen LogP contribution in [0.4, 0.5) is 5.82 Å². The van der Waals surface area contributed by atoms with E-state index < -0.39 is 0 Å². The second-order valence-electron chi connectivity index (χ2n) is 3.79. The molecule has 0 amide bonds. The molecule has 1 aliphatic carbocycles. The molecule has 0 spiro atoms. The molecule has 1 N–H and O–H groups in total. The highest BCUT2D eigenvalue weighted by atomic mass is 15.0. The molecule has 15 heavy (non-hydrogen) atoms. The van der Waals surface area contributed by atoms with Gasteiger partial charge >= 0.3 is 0 Å². The average molecular weight is 203 g/mol. The van der Waals surface area contributed by atoms with Crippen LogP contribution in [0.1, 0.15) is 31.0 Å². The van der Waals surface area contributed by atoms with Gasteiger partial charge in [-0.25, -0.2) is 9.97 Å². The van der Waals surface area contributed by atoms with Crippen molar-refractivity contribution in [1.29, 1.82) is 0 Å². The van der Waals surface area contributed by atoms with E-state index in [2.05, 4.69) is 27.4 Å². The van der Waals surface area contributed by atoms with Gasteiger partial charge < -0.3 is 5.32 Å². The van der Waals surface area contributed by atoms with Crippen LogP contribution in [0.15, 0.2) is 18.5 Å². The number of hydrogen-bond donors (Lipinski definition) is 1. The van der Waals surface area contributed by atoms with Crippen molar-refractivity contribution < 1.29 is 0 Å². The van der Waals surface area contributed by atoms with Crippen LogP contribution in [-0.4, -0.2) is 16.5 Å². The van der Waals surface area contributed by atoms with Crippen molar-refractivity contribution in [2.24, 2.45) is 0 Å². The smallest absolute Gasteiger partial charge is 0.132 e. The summed E-state index contributed by atoms with van der Waals surface area (Å²) in [5.41, 5.74) is 2.57. The van der Waals surface area contributed by atoms with Crippen LogP contribution in [0, 0.1) is 0 Å². The monoisotopic (exact) mass is 203 g/mol. The Morgan fingerprint density at radius 1 is 1.40 bits per heavy atom. The van der Waals surface area contributed by atoms with Crippen molar-refractivity contribution in [1.82, 2.24) is 9.97 Å². The van der Waals surface area contributed by atoms with E-state index in [1.807, 2.05) is 6.92 Å². The summed E-state index contributed by atoms with van der Waals surface area (Å²) in [6.45, 7) is 3.00. The predicted octanol–water partition coefficient (Wildman–Crippen LogP) is 2.34. The summed E-state index contributed by atoms with van der Waals surface area (Å²) in [6, 6.07) is 0. The first kappa shape index (κ1) is 10.1. The van der Waals surface area contributed by atoms with Gasteiger partial charge in [0.1, 0.15) is 12.1 Å². The van der Waals surface area contributed by atoms with Crippen molar-refractivity contribution in [3.8, 4) is 0 Å². The molecule has 0 atom stereocenters. The molecular weight excluding hydrogens is 186 g/mol. The van der Waals surface area contributed by atoms with Gasteiger partial charge in [0.2, 0.25) is 0 Å². The van der Waals surface area contributed by atoms with E-state index in [4.69, 9.17) is 0 Å². The van der Waals surface area contributed by atoms with Crippen LogP contribution in [-0.2, 0) is 12.8 Å². The molecule has 1 aliphatic rings. The molecule has 1 aromatic heterocycles. The number of nitrogens with one attached hydrogen (secondary N) is 1. The predicted molar refractivity (Wildman–Crippen MR) is 62.0 cm³/mol. The zero-order valence-electron chi connectivity index (χ0n) is 9.16. The van der Waals surface area contributed by atoms with Crippen molar-refractivity contribution in [2.45, 2.75) is 32.6 Å². The lowest BCUT2D eigenvalue weighted by Crippen LogP contribution is -2.06. The third kappa shape index (κ3) is 2.35. The highest BCUT2D eigenvalue weighted by Gasteiger charge is 2.16. The van der Waals surface area contributed by atoms with Crippen molar-refractivity contribution in [2.75, 3.05) is 11.9 Å². The molecule has 0 aromatic carbocycles. The lowest BCUT2D eigenvalue weighted by Gasteiger charge is -2.07. The molecule has 0 bridgehead atoms. The summed E-state index contributed by atoms with van der Waals surface area (Å²) in [6.07, 6.45) is 10.4. The summed E-state index contributed by atoms with van der Waals surface area (Å²) in [7, 11) is 0. The summed E-state index contributed by atoms with van der Waals surface area (Å²) in [5, 5.41) is 3.38. The number of anilines is 1. The van der Waals surface area contributed by atoms with Gasteiger partial charge in [0, 0.05) is 17.8 Å². The van der Waals surface area contributed by atoms with Crippen LogP contribution in [0.2, 0.25) is 0 Å². The Hall–Kier alpha value is -1.38. The largest absolute Gasteiger partial charge is 0.369 e. The molecule has 3 nitrogen and oxygen atoms in total. The van der Waals surface area contributed by atoms with Crippen LogP contribution < -0.4 is 5.32 Å². The topological polar surface area (TPSA) is 37.8 Å². The summed E-state index contributed by atoms with van der Waals surface area (Å²) >= 11 is 0. The average Bonchev–Trinajstić information content (AvgIpc) is 2.73. The number of nitrogens with zero attached hydrogens (tertiary/aromatic N) is 2. The first-order chi connectivity index (χ1) is 7.42. The van der Waals surface area contributed by atoms with Gasteiger partial charge in [-0.05, 0) is 32.6 Å². The lowest BCUT2D eigenvalue weighted by molar-refractivity contribution is 0.899. The van der Waals surface area contributed by atoms with E-state index in [0.717, 1.165) is 31.6 Å². The van der Waals surface area contributed by atoms with Gasteiger partial charge in [-0.1, -0.05) is 12.2 Å². The van der Waals surface area contributed by atoms with Gasteiger partial charge in [0.15, 0.2) is 0 Å². The van der Waals surface area contributed by atoms with Crippen LogP contribution in [0.25, 0.3) is 0 Å². The zero-order chi connectivity index (χ0) is 10.5. The van der Waals surface area contributed by atoms with Crippen LogP contribution >= 0.6 is 0 Å². The second kappa shape index (κ2) is 4.91. The van der Waals surface area contributed by atoms with E-state index in [9.17, 15) is 0 Å². The Kier molecular flexibility index (Phi) is 3.33. The maximum Gasteiger partial charge on any atom is 0.132 e. The Morgan fingerprint density at radius 3 is 3.20 bits per heavy atom. The second-order valence-corrected chi connectivity index (χ2v) is 3.79. The molecule has 0 aliphatic heterocycles.